The summed E-state index contributed by atoms with van der Waals surface area (Å²) >= 11 is 0. The average molecular weight is 176 g/mol. The third-order valence-corrected chi connectivity index (χ3v) is 2.47. The topological polar surface area (TPSA) is 38.0 Å². The number of hydrogen-bond donors (Lipinski definition) is 2. The number of hydrogen-bond acceptors (Lipinski definition) is 2. The largest absolute Gasteiger partial charge is 0.399 e. The minimum absolute atomic E-state index is 0.830. The monoisotopic (exact) mass is 176 g/mol. The van der Waals surface area contributed by atoms with E-state index in [9.17, 15) is 0 Å². The smallest absolute Gasteiger partial charge is 0.0360 e. The van der Waals surface area contributed by atoms with Crippen molar-refractivity contribution in [3.05, 3.63) is 24.3 Å². The molecule has 1 aliphatic rings. The van der Waals surface area contributed by atoms with Crippen LogP contribution in [0.5, 0.6) is 0 Å². The van der Waals surface area contributed by atoms with Crippen molar-refractivity contribution in [1.82, 2.24) is 0 Å². The molecule has 3 N–H and O–H groups in total. The van der Waals surface area contributed by atoms with Gasteiger partial charge in [-0.15, -0.1) is 0 Å². The van der Waals surface area contributed by atoms with Gasteiger partial charge in [0, 0.05) is 17.9 Å². The van der Waals surface area contributed by atoms with Crippen LogP contribution in [0.2, 0.25) is 0 Å². The second-order valence-electron chi connectivity index (χ2n) is 3.78. The Morgan fingerprint density at radius 3 is 2.92 bits per heavy atom. The third-order valence-electron chi connectivity index (χ3n) is 2.47. The molecule has 2 nitrogen and oxygen atoms in total. The molecule has 0 atom stereocenters. The van der Waals surface area contributed by atoms with Crippen LogP contribution in [0.1, 0.15) is 19.3 Å². The van der Waals surface area contributed by atoms with E-state index in [0.717, 1.165) is 23.8 Å². The molecule has 0 heterocycles. The summed E-state index contributed by atoms with van der Waals surface area (Å²) in [5, 5.41) is 3.38. The Morgan fingerprint density at radius 2 is 2.23 bits per heavy atom. The van der Waals surface area contributed by atoms with E-state index in [0.29, 0.717) is 0 Å². The molecule has 0 unspecified atom stereocenters. The highest BCUT2D eigenvalue weighted by molar-refractivity contribution is 5.53. The number of nitrogens with two attached hydrogens (primary N) is 1. The molecule has 1 fully saturated rings. The van der Waals surface area contributed by atoms with Crippen LogP contribution in [-0.4, -0.2) is 6.54 Å². The number of anilines is 2. The van der Waals surface area contributed by atoms with Crippen molar-refractivity contribution in [1.29, 1.82) is 0 Å². The Hall–Kier alpha value is -1.18. The molecule has 70 valence electrons. The normalized spacial score (nSPS) is 15.7. The lowest BCUT2D eigenvalue weighted by Crippen LogP contribution is -2.02. The van der Waals surface area contributed by atoms with Gasteiger partial charge in [0.1, 0.15) is 0 Å². The molecule has 0 aromatic heterocycles. The molecule has 0 amide bonds. The van der Waals surface area contributed by atoms with Crippen molar-refractivity contribution in [2.45, 2.75) is 19.3 Å². The highest BCUT2D eigenvalue weighted by atomic mass is 14.9. The summed E-state index contributed by atoms with van der Waals surface area (Å²) in [6.07, 6.45) is 4.16. The second kappa shape index (κ2) is 3.69. The van der Waals surface area contributed by atoms with Crippen molar-refractivity contribution < 1.29 is 0 Å². The molecular formula is C11H16N2. The number of nitrogen functional groups attached to an aromatic ring is 1. The Bertz CT molecular complexity index is 279. The fourth-order valence-corrected chi connectivity index (χ4v) is 1.48. The van der Waals surface area contributed by atoms with Crippen LogP contribution in [0.15, 0.2) is 24.3 Å². The third kappa shape index (κ3) is 2.65. The van der Waals surface area contributed by atoms with Gasteiger partial charge in [-0.3, -0.25) is 0 Å². The first-order chi connectivity index (χ1) is 6.34. The van der Waals surface area contributed by atoms with Crippen molar-refractivity contribution in [2.24, 2.45) is 5.92 Å². The van der Waals surface area contributed by atoms with E-state index in [1.807, 2.05) is 18.2 Å². The Balaban J connectivity index is 1.79. The number of rotatable bonds is 4. The lowest BCUT2D eigenvalue weighted by atomic mass is 10.2. The summed E-state index contributed by atoms with van der Waals surface area (Å²) in [6.45, 7) is 1.08. The maximum absolute atomic E-state index is 5.66. The summed E-state index contributed by atoms with van der Waals surface area (Å²) in [4.78, 5) is 0. The Labute approximate surface area is 79.1 Å². The van der Waals surface area contributed by atoms with Crippen molar-refractivity contribution >= 4 is 11.4 Å². The van der Waals surface area contributed by atoms with Gasteiger partial charge in [-0.2, -0.15) is 0 Å². The molecule has 1 aromatic rings. The standard InChI is InChI=1S/C11H16N2/c12-10-2-1-3-11(8-10)13-7-6-9-4-5-9/h1-3,8-9,13H,4-7,12H2. The first-order valence-electron chi connectivity index (χ1n) is 4.94. The molecule has 0 bridgehead atoms. The zero-order chi connectivity index (χ0) is 9.10. The molecule has 0 radical (unpaired) electrons. The minimum Gasteiger partial charge on any atom is -0.399 e. The van der Waals surface area contributed by atoms with E-state index in [-0.39, 0.29) is 0 Å². The summed E-state index contributed by atoms with van der Waals surface area (Å²) in [6, 6.07) is 7.93. The minimum atomic E-state index is 0.830. The van der Waals surface area contributed by atoms with Gasteiger partial charge in [-0.1, -0.05) is 18.9 Å². The maximum Gasteiger partial charge on any atom is 0.0360 e. The Morgan fingerprint density at radius 1 is 1.38 bits per heavy atom. The average Bonchev–Trinajstić information content (AvgIpc) is 2.88. The van der Waals surface area contributed by atoms with Gasteiger partial charge in [0.05, 0.1) is 0 Å². The van der Waals surface area contributed by atoms with Crippen LogP contribution in [-0.2, 0) is 0 Å². The van der Waals surface area contributed by atoms with E-state index in [4.69, 9.17) is 5.73 Å². The predicted molar refractivity (Wildman–Crippen MR) is 56.7 cm³/mol. The fraction of sp³-hybridized carbons (Fsp3) is 0.455. The summed E-state index contributed by atoms with van der Waals surface area (Å²) in [7, 11) is 0. The van der Waals surface area contributed by atoms with Gasteiger partial charge in [0.25, 0.3) is 0 Å². The second-order valence-corrected chi connectivity index (χ2v) is 3.78. The maximum atomic E-state index is 5.66. The van der Waals surface area contributed by atoms with Crippen molar-refractivity contribution in [3.8, 4) is 0 Å². The molecular weight excluding hydrogens is 160 g/mol. The van der Waals surface area contributed by atoms with E-state index in [2.05, 4.69) is 11.4 Å². The van der Waals surface area contributed by atoms with Gasteiger partial charge >= 0.3 is 0 Å². The quantitative estimate of drug-likeness (QED) is 0.692. The van der Waals surface area contributed by atoms with Gasteiger partial charge in [0.2, 0.25) is 0 Å². The van der Waals surface area contributed by atoms with Gasteiger partial charge in [-0.25, -0.2) is 0 Å². The molecule has 0 spiro atoms. The zero-order valence-electron chi connectivity index (χ0n) is 7.79. The van der Waals surface area contributed by atoms with Crippen LogP contribution >= 0.6 is 0 Å². The van der Waals surface area contributed by atoms with Crippen LogP contribution in [0.4, 0.5) is 11.4 Å². The molecule has 2 rings (SSSR count). The van der Waals surface area contributed by atoms with Crippen molar-refractivity contribution in [2.75, 3.05) is 17.6 Å². The summed E-state index contributed by atoms with van der Waals surface area (Å²) < 4.78 is 0. The number of nitrogens with one attached hydrogen (secondary N) is 1. The molecule has 1 saturated carbocycles. The lowest BCUT2D eigenvalue weighted by Gasteiger charge is -2.05. The lowest BCUT2D eigenvalue weighted by molar-refractivity contribution is 0.760. The first-order valence-corrected chi connectivity index (χ1v) is 4.94. The number of benzene rings is 1. The fourth-order valence-electron chi connectivity index (χ4n) is 1.48. The molecule has 1 aliphatic carbocycles. The zero-order valence-corrected chi connectivity index (χ0v) is 7.79. The summed E-state index contributed by atoms with van der Waals surface area (Å²) in [5.74, 6) is 0.994. The highest BCUT2D eigenvalue weighted by Crippen LogP contribution is 2.32. The van der Waals surface area contributed by atoms with Crippen LogP contribution in [0.3, 0.4) is 0 Å². The first kappa shape index (κ1) is 8.42. The van der Waals surface area contributed by atoms with E-state index in [1.54, 1.807) is 0 Å². The van der Waals surface area contributed by atoms with Gasteiger partial charge < -0.3 is 11.1 Å². The van der Waals surface area contributed by atoms with Crippen LogP contribution in [0.25, 0.3) is 0 Å². The highest BCUT2D eigenvalue weighted by Gasteiger charge is 2.19. The van der Waals surface area contributed by atoms with Crippen LogP contribution in [0, 0.1) is 5.92 Å². The summed E-state index contributed by atoms with van der Waals surface area (Å²) in [5.41, 5.74) is 7.63. The van der Waals surface area contributed by atoms with Gasteiger partial charge in [0.15, 0.2) is 0 Å². The molecule has 13 heavy (non-hydrogen) atoms. The Kier molecular flexibility index (Phi) is 2.39. The van der Waals surface area contributed by atoms with Crippen molar-refractivity contribution in [3.63, 3.8) is 0 Å². The van der Waals surface area contributed by atoms with Gasteiger partial charge in [-0.05, 0) is 30.5 Å². The van der Waals surface area contributed by atoms with Crippen LogP contribution < -0.4 is 11.1 Å². The molecule has 0 aliphatic heterocycles. The predicted octanol–water partition coefficient (Wildman–Crippen LogP) is 2.48. The molecule has 1 aromatic carbocycles. The van der Waals surface area contributed by atoms with E-state index < -0.39 is 0 Å². The van der Waals surface area contributed by atoms with E-state index in [1.165, 1.54) is 19.3 Å². The van der Waals surface area contributed by atoms with E-state index >= 15 is 0 Å². The molecule has 0 saturated heterocycles. The SMILES string of the molecule is Nc1cccc(NCCC2CC2)c1. The molecule has 2 heteroatoms.